The summed E-state index contributed by atoms with van der Waals surface area (Å²) in [5.74, 6) is 0.939. The molecule has 0 fully saturated rings. The highest BCUT2D eigenvalue weighted by atomic mass is 16.5. The number of carbonyl (C=O) groups is 1. The number of aromatic nitrogens is 1. The molecule has 1 aromatic heterocycles. The van der Waals surface area contributed by atoms with Crippen LogP contribution in [-0.2, 0) is 4.74 Å². The molecule has 112 valence electrons. The zero-order valence-electron chi connectivity index (χ0n) is 12.6. The van der Waals surface area contributed by atoms with Crippen molar-refractivity contribution in [1.29, 1.82) is 0 Å². The lowest BCUT2D eigenvalue weighted by Crippen LogP contribution is -2.30. The summed E-state index contributed by atoms with van der Waals surface area (Å²) in [4.78, 5) is 16.7. The lowest BCUT2D eigenvalue weighted by Gasteiger charge is -2.13. The molecule has 0 radical (unpaired) electrons. The van der Waals surface area contributed by atoms with Crippen molar-refractivity contribution in [2.45, 2.75) is 6.92 Å². The number of carbonyl (C=O) groups excluding carboxylic acids is 1. The molecule has 0 saturated carbocycles. The largest absolute Gasteiger partial charge is 0.384 e. The predicted molar refractivity (Wildman–Crippen MR) is 84.7 cm³/mol. The number of nitrogens with one attached hydrogen (secondary N) is 2. The molecule has 1 heterocycles. The average molecular weight is 287 g/mol. The molecule has 1 unspecified atom stereocenters. The highest BCUT2D eigenvalue weighted by Gasteiger charge is 2.13. The first-order valence-electron chi connectivity index (χ1n) is 7.00. The van der Waals surface area contributed by atoms with E-state index < -0.39 is 0 Å². The molecule has 1 amide bonds. The van der Waals surface area contributed by atoms with Crippen LogP contribution in [0.2, 0.25) is 0 Å². The smallest absolute Gasteiger partial charge is 0.253 e. The highest BCUT2D eigenvalue weighted by Crippen LogP contribution is 2.23. The third-order valence-corrected chi connectivity index (χ3v) is 3.34. The number of hydrogen-bond acceptors (Lipinski definition) is 4. The Balaban J connectivity index is 2.24. The molecule has 1 atom stereocenters. The molecule has 0 spiro atoms. The van der Waals surface area contributed by atoms with E-state index >= 15 is 0 Å². The van der Waals surface area contributed by atoms with Crippen LogP contribution in [0.4, 0.5) is 5.82 Å². The monoisotopic (exact) mass is 287 g/mol. The first kappa shape index (κ1) is 15.3. The maximum absolute atomic E-state index is 12.4. The van der Waals surface area contributed by atoms with Gasteiger partial charge in [-0.05, 0) is 11.3 Å². The summed E-state index contributed by atoms with van der Waals surface area (Å²) in [6.45, 7) is 3.23. The van der Waals surface area contributed by atoms with Crippen LogP contribution < -0.4 is 10.6 Å². The minimum Gasteiger partial charge on any atom is -0.384 e. The van der Waals surface area contributed by atoms with Crippen molar-refractivity contribution < 1.29 is 9.53 Å². The number of nitrogens with zero attached hydrogens (tertiary/aromatic N) is 1. The van der Waals surface area contributed by atoms with Gasteiger partial charge in [-0.2, -0.15) is 0 Å². The van der Waals surface area contributed by atoms with Gasteiger partial charge in [0.05, 0.1) is 12.2 Å². The number of anilines is 1. The molecular formula is C16H21N3O2. The maximum atomic E-state index is 12.4. The Morgan fingerprint density at radius 2 is 2.05 bits per heavy atom. The number of methoxy groups -OCH3 is 1. The third kappa shape index (κ3) is 3.49. The Morgan fingerprint density at radius 1 is 1.33 bits per heavy atom. The molecule has 2 aromatic rings. The Kier molecular flexibility index (Phi) is 5.11. The third-order valence-electron chi connectivity index (χ3n) is 3.34. The second-order valence-corrected chi connectivity index (χ2v) is 5.09. The van der Waals surface area contributed by atoms with E-state index in [4.69, 9.17) is 4.74 Å². The van der Waals surface area contributed by atoms with Crippen LogP contribution in [0, 0.1) is 5.92 Å². The van der Waals surface area contributed by atoms with E-state index in [0.29, 0.717) is 18.7 Å². The van der Waals surface area contributed by atoms with Gasteiger partial charge >= 0.3 is 0 Å². The molecule has 21 heavy (non-hydrogen) atoms. The molecule has 1 aromatic carbocycles. The van der Waals surface area contributed by atoms with Gasteiger partial charge in [0, 0.05) is 32.3 Å². The maximum Gasteiger partial charge on any atom is 0.253 e. The van der Waals surface area contributed by atoms with Crippen molar-refractivity contribution in [1.82, 2.24) is 10.3 Å². The van der Waals surface area contributed by atoms with E-state index in [1.807, 2.05) is 38.2 Å². The highest BCUT2D eigenvalue weighted by molar-refractivity contribution is 6.09. The van der Waals surface area contributed by atoms with E-state index in [9.17, 15) is 4.79 Å². The molecular weight excluding hydrogens is 266 g/mol. The van der Waals surface area contributed by atoms with Crippen molar-refractivity contribution in [3.8, 4) is 0 Å². The molecule has 0 aliphatic heterocycles. The molecule has 2 N–H and O–H groups in total. The Hall–Kier alpha value is -2.14. The fourth-order valence-electron chi connectivity index (χ4n) is 2.28. The number of fused-ring (bicyclic) bond motifs is 1. The van der Waals surface area contributed by atoms with E-state index in [2.05, 4.69) is 15.6 Å². The van der Waals surface area contributed by atoms with Gasteiger partial charge in [-0.15, -0.1) is 0 Å². The lowest BCUT2D eigenvalue weighted by atomic mass is 10.1. The van der Waals surface area contributed by atoms with Crippen molar-refractivity contribution in [2.75, 3.05) is 32.6 Å². The number of amides is 1. The Morgan fingerprint density at radius 3 is 2.71 bits per heavy atom. The van der Waals surface area contributed by atoms with Gasteiger partial charge in [0.15, 0.2) is 0 Å². The minimum atomic E-state index is -0.107. The summed E-state index contributed by atoms with van der Waals surface area (Å²) in [5, 5.41) is 7.82. The SMILES string of the molecule is CNc1ncc(C(=O)NCC(C)COC)c2ccccc12. The van der Waals surface area contributed by atoms with Crippen LogP contribution in [0.25, 0.3) is 10.8 Å². The van der Waals surface area contributed by atoms with Gasteiger partial charge in [0.2, 0.25) is 0 Å². The zero-order chi connectivity index (χ0) is 15.2. The zero-order valence-corrected chi connectivity index (χ0v) is 12.6. The summed E-state index contributed by atoms with van der Waals surface area (Å²) in [6, 6.07) is 7.75. The van der Waals surface area contributed by atoms with E-state index in [1.165, 1.54) is 0 Å². The molecule has 0 aliphatic rings. The summed E-state index contributed by atoms with van der Waals surface area (Å²) in [7, 11) is 3.48. The van der Waals surface area contributed by atoms with Gasteiger partial charge in [0.25, 0.3) is 5.91 Å². The topological polar surface area (TPSA) is 63.2 Å². The fourth-order valence-corrected chi connectivity index (χ4v) is 2.28. The standard InChI is InChI=1S/C16H21N3O2/c1-11(10-21-3)8-19-16(20)14-9-18-15(17-2)13-7-5-4-6-12(13)14/h4-7,9,11H,8,10H2,1-3H3,(H,17,18)(H,19,20). The van der Waals surface area contributed by atoms with Crippen LogP contribution in [0.15, 0.2) is 30.5 Å². The van der Waals surface area contributed by atoms with Gasteiger partial charge in [-0.3, -0.25) is 4.79 Å². The van der Waals surface area contributed by atoms with Gasteiger partial charge in [0.1, 0.15) is 5.82 Å². The molecule has 0 bridgehead atoms. The Labute approximate surface area is 124 Å². The van der Waals surface area contributed by atoms with Gasteiger partial charge in [-0.25, -0.2) is 4.98 Å². The quantitative estimate of drug-likeness (QED) is 0.855. The van der Waals surface area contributed by atoms with E-state index in [-0.39, 0.29) is 11.8 Å². The minimum absolute atomic E-state index is 0.107. The Bertz CT molecular complexity index is 628. The van der Waals surface area contributed by atoms with Crippen LogP contribution in [0.5, 0.6) is 0 Å². The summed E-state index contributed by atoms with van der Waals surface area (Å²) in [5.41, 5.74) is 0.592. The van der Waals surface area contributed by atoms with Crippen LogP contribution in [-0.4, -0.2) is 38.2 Å². The second-order valence-electron chi connectivity index (χ2n) is 5.09. The van der Waals surface area contributed by atoms with Crippen LogP contribution >= 0.6 is 0 Å². The number of benzene rings is 1. The molecule has 5 heteroatoms. The van der Waals surface area contributed by atoms with Crippen LogP contribution in [0.1, 0.15) is 17.3 Å². The summed E-state index contributed by atoms with van der Waals surface area (Å²) < 4.78 is 5.07. The number of pyridine rings is 1. The van der Waals surface area contributed by atoms with Gasteiger partial charge in [-0.1, -0.05) is 31.2 Å². The summed E-state index contributed by atoms with van der Waals surface area (Å²) in [6.07, 6.45) is 1.62. The second kappa shape index (κ2) is 7.04. The predicted octanol–water partition coefficient (Wildman–Crippen LogP) is 2.29. The number of hydrogen-bond donors (Lipinski definition) is 2. The fraction of sp³-hybridized carbons (Fsp3) is 0.375. The first-order chi connectivity index (χ1) is 10.2. The van der Waals surface area contributed by atoms with Crippen molar-refractivity contribution >= 4 is 22.5 Å². The van der Waals surface area contributed by atoms with Gasteiger partial charge < -0.3 is 15.4 Å². The van der Waals surface area contributed by atoms with Crippen molar-refractivity contribution in [3.63, 3.8) is 0 Å². The normalized spacial score (nSPS) is 12.1. The van der Waals surface area contributed by atoms with E-state index in [0.717, 1.165) is 16.6 Å². The molecule has 0 saturated heterocycles. The first-order valence-corrected chi connectivity index (χ1v) is 7.00. The summed E-state index contributed by atoms with van der Waals surface area (Å²) >= 11 is 0. The molecule has 0 aliphatic carbocycles. The number of rotatable bonds is 6. The molecule has 2 rings (SSSR count). The lowest BCUT2D eigenvalue weighted by molar-refractivity contribution is 0.0935. The molecule has 5 nitrogen and oxygen atoms in total. The average Bonchev–Trinajstić information content (AvgIpc) is 2.51. The van der Waals surface area contributed by atoms with Crippen LogP contribution in [0.3, 0.4) is 0 Å². The van der Waals surface area contributed by atoms with Crippen molar-refractivity contribution in [3.05, 3.63) is 36.0 Å². The van der Waals surface area contributed by atoms with E-state index in [1.54, 1.807) is 13.3 Å². The van der Waals surface area contributed by atoms with Crippen molar-refractivity contribution in [2.24, 2.45) is 5.92 Å². The number of ether oxygens (including phenoxy) is 1.